The van der Waals surface area contributed by atoms with Crippen LogP contribution in [0.4, 0.5) is 0 Å². The summed E-state index contributed by atoms with van der Waals surface area (Å²) in [7, 11) is 0. The number of hydrogen-bond donors (Lipinski definition) is 0. The van der Waals surface area contributed by atoms with Crippen molar-refractivity contribution in [2.24, 2.45) is 0 Å². The molecule has 1 aromatic heterocycles. The fraction of sp³-hybridized carbons (Fsp3) is 0.286. The van der Waals surface area contributed by atoms with Gasteiger partial charge in [0.05, 0.1) is 15.7 Å². The van der Waals surface area contributed by atoms with Gasteiger partial charge in [0, 0.05) is 12.2 Å². The maximum absolute atomic E-state index is 8.94. The number of hydrogen-bond acceptors (Lipinski definition) is 3. The highest BCUT2D eigenvalue weighted by atomic mass is 79.9. The Morgan fingerprint density at radius 1 is 1.42 bits per heavy atom. The predicted octanol–water partition coefficient (Wildman–Crippen LogP) is 3.68. The first-order valence-electron chi connectivity index (χ1n) is 5.97. The Bertz CT molecular complexity index is 613. The van der Waals surface area contributed by atoms with Crippen LogP contribution in [0.25, 0.3) is 0 Å². The van der Waals surface area contributed by atoms with Gasteiger partial charge in [0.25, 0.3) is 0 Å². The van der Waals surface area contributed by atoms with E-state index in [0.717, 1.165) is 5.69 Å². The van der Waals surface area contributed by atoms with E-state index in [9.17, 15) is 0 Å². The maximum atomic E-state index is 8.94. The molecule has 2 rings (SSSR count). The third-order valence-corrected chi connectivity index (χ3v) is 3.47. The molecule has 19 heavy (non-hydrogen) atoms. The minimum Gasteiger partial charge on any atom is -0.486 e. The summed E-state index contributed by atoms with van der Waals surface area (Å²) < 4.78 is 8.25. The number of nitriles is 1. The van der Waals surface area contributed by atoms with Crippen LogP contribution in [0.15, 0.2) is 34.9 Å². The molecule has 1 heterocycles. The van der Waals surface area contributed by atoms with Gasteiger partial charge in [-0.15, -0.1) is 0 Å². The van der Waals surface area contributed by atoms with Crippen molar-refractivity contribution in [3.8, 4) is 11.8 Å². The van der Waals surface area contributed by atoms with Crippen LogP contribution in [-0.2, 0) is 6.61 Å². The average Bonchev–Trinajstić information content (AvgIpc) is 2.86. The molecular formula is C14H14BrN3O. The summed E-state index contributed by atoms with van der Waals surface area (Å²) in [6, 6.07) is 9.74. The third kappa shape index (κ3) is 3.15. The first-order chi connectivity index (χ1) is 9.11. The number of rotatable bonds is 4. The van der Waals surface area contributed by atoms with Crippen molar-refractivity contribution < 1.29 is 4.74 Å². The van der Waals surface area contributed by atoms with E-state index in [0.29, 0.717) is 28.4 Å². The van der Waals surface area contributed by atoms with E-state index in [1.165, 1.54) is 0 Å². The van der Waals surface area contributed by atoms with Crippen molar-refractivity contribution in [1.82, 2.24) is 9.78 Å². The van der Waals surface area contributed by atoms with Gasteiger partial charge in [0.2, 0.25) is 0 Å². The average molecular weight is 320 g/mol. The molecule has 0 amide bonds. The molecule has 4 nitrogen and oxygen atoms in total. The zero-order valence-corrected chi connectivity index (χ0v) is 12.4. The van der Waals surface area contributed by atoms with E-state index >= 15 is 0 Å². The number of halogens is 1. The summed E-state index contributed by atoms with van der Waals surface area (Å²) >= 11 is 3.37. The summed E-state index contributed by atoms with van der Waals surface area (Å²) in [6.07, 6.45) is 1.93. The first kappa shape index (κ1) is 13.6. The molecule has 0 unspecified atom stereocenters. The van der Waals surface area contributed by atoms with E-state index in [2.05, 4.69) is 40.9 Å². The van der Waals surface area contributed by atoms with E-state index in [4.69, 9.17) is 10.00 Å². The number of ether oxygens (including phenoxy) is 1. The molecule has 1 aromatic carbocycles. The maximum Gasteiger partial charge on any atom is 0.135 e. The lowest BCUT2D eigenvalue weighted by Gasteiger charge is -2.08. The molecule has 0 atom stereocenters. The molecule has 98 valence electrons. The van der Waals surface area contributed by atoms with Gasteiger partial charge in [-0.1, -0.05) is 6.07 Å². The highest BCUT2D eigenvalue weighted by Gasteiger charge is 2.08. The zero-order chi connectivity index (χ0) is 13.8. The van der Waals surface area contributed by atoms with Crippen molar-refractivity contribution in [3.63, 3.8) is 0 Å². The molecule has 0 aliphatic carbocycles. The molecule has 0 radical (unpaired) electrons. The molecule has 0 saturated carbocycles. The van der Waals surface area contributed by atoms with Crippen molar-refractivity contribution >= 4 is 15.9 Å². The van der Waals surface area contributed by atoms with Gasteiger partial charge in [-0.25, -0.2) is 0 Å². The highest BCUT2D eigenvalue weighted by Crippen LogP contribution is 2.28. The molecule has 0 fully saturated rings. The summed E-state index contributed by atoms with van der Waals surface area (Å²) in [6.45, 7) is 4.53. The lowest BCUT2D eigenvalue weighted by atomic mass is 10.2. The van der Waals surface area contributed by atoms with Crippen molar-refractivity contribution in [2.75, 3.05) is 0 Å². The van der Waals surface area contributed by atoms with Crippen molar-refractivity contribution in [2.45, 2.75) is 26.5 Å². The van der Waals surface area contributed by atoms with Crippen LogP contribution in [-0.4, -0.2) is 9.78 Å². The largest absolute Gasteiger partial charge is 0.486 e. The second kappa shape index (κ2) is 5.89. The van der Waals surface area contributed by atoms with E-state index in [1.807, 2.05) is 23.0 Å². The Labute approximate surface area is 120 Å². The lowest BCUT2D eigenvalue weighted by molar-refractivity contribution is 0.296. The van der Waals surface area contributed by atoms with Crippen LogP contribution in [0.5, 0.6) is 5.75 Å². The van der Waals surface area contributed by atoms with E-state index < -0.39 is 0 Å². The minimum absolute atomic E-state index is 0.336. The highest BCUT2D eigenvalue weighted by molar-refractivity contribution is 9.10. The van der Waals surface area contributed by atoms with Gasteiger partial charge in [0.15, 0.2) is 0 Å². The van der Waals surface area contributed by atoms with Gasteiger partial charge in [0.1, 0.15) is 18.4 Å². The fourth-order valence-corrected chi connectivity index (χ4v) is 2.07. The molecule has 0 aliphatic heterocycles. The van der Waals surface area contributed by atoms with Crippen molar-refractivity contribution in [1.29, 1.82) is 5.26 Å². The molecule has 0 saturated heterocycles. The van der Waals surface area contributed by atoms with Gasteiger partial charge >= 0.3 is 0 Å². The summed E-state index contributed by atoms with van der Waals surface area (Å²) in [5.41, 5.74) is 1.42. The molecular weight excluding hydrogens is 306 g/mol. The third-order valence-electron chi connectivity index (χ3n) is 2.65. The van der Waals surface area contributed by atoms with Crippen LogP contribution in [0.2, 0.25) is 0 Å². The number of aromatic nitrogens is 2. The van der Waals surface area contributed by atoms with Crippen molar-refractivity contribution in [3.05, 3.63) is 46.2 Å². The monoisotopic (exact) mass is 319 g/mol. The standard InChI is InChI=1S/C14H14BrN3O/c1-10(2)18-7-6-12(17-18)9-19-13-5-3-4-11(8-16)14(13)15/h3-7,10H,9H2,1-2H3. The molecule has 0 bridgehead atoms. The van der Waals surface area contributed by atoms with Crippen LogP contribution in [0, 0.1) is 11.3 Å². The summed E-state index contributed by atoms with van der Waals surface area (Å²) in [5.74, 6) is 0.651. The molecule has 5 heteroatoms. The second-order valence-corrected chi connectivity index (χ2v) is 5.19. The molecule has 0 spiro atoms. The fourth-order valence-electron chi connectivity index (χ4n) is 1.60. The summed E-state index contributed by atoms with van der Waals surface area (Å²) in [5, 5.41) is 13.3. The van der Waals surface area contributed by atoms with Gasteiger partial charge in [-0.2, -0.15) is 10.4 Å². The zero-order valence-electron chi connectivity index (χ0n) is 10.8. The predicted molar refractivity (Wildman–Crippen MR) is 75.8 cm³/mol. The van der Waals surface area contributed by atoms with Crippen LogP contribution in [0.1, 0.15) is 31.1 Å². The Morgan fingerprint density at radius 3 is 2.84 bits per heavy atom. The smallest absolute Gasteiger partial charge is 0.135 e. The normalized spacial score (nSPS) is 10.5. The Hall–Kier alpha value is -1.80. The van der Waals surface area contributed by atoms with Crippen LogP contribution in [0.3, 0.4) is 0 Å². The van der Waals surface area contributed by atoms with E-state index in [1.54, 1.807) is 12.1 Å². The molecule has 2 aromatic rings. The minimum atomic E-state index is 0.336. The van der Waals surface area contributed by atoms with Crippen LogP contribution >= 0.6 is 15.9 Å². The quantitative estimate of drug-likeness (QED) is 0.863. The molecule has 0 N–H and O–H groups in total. The van der Waals surface area contributed by atoms with Crippen LogP contribution < -0.4 is 4.74 Å². The SMILES string of the molecule is CC(C)n1ccc(COc2cccc(C#N)c2Br)n1. The topological polar surface area (TPSA) is 50.8 Å². The number of benzene rings is 1. The van der Waals surface area contributed by atoms with Gasteiger partial charge in [-0.05, 0) is 48.0 Å². The Balaban J connectivity index is 2.08. The summed E-state index contributed by atoms with van der Waals surface area (Å²) in [4.78, 5) is 0. The molecule has 0 aliphatic rings. The Morgan fingerprint density at radius 2 is 2.21 bits per heavy atom. The van der Waals surface area contributed by atoms with E-state index in [-0.39, 0.29) is 0 Å². The second-order valence-electron chi connectivity index (χ2n) is 4.40. The lowest BCUT2D eigenvalue weighted by Crippen LogP contribution is -2.03. The number of nitrogens with zero attached hydrogens (tertiary/aromatic N) is 3. The Kier molecular flexibility index (Phi) is 4.23. The first-order valence-corrected chi connectivity index (χ1v) is 6.76. The van der Waals surface area contributed by atoms with Gasteiger partial charge < -0.3 is 4.74 Å². The van der Waals surface area contributed by atoms with Gasteiger partial charge in [-0.3, -0.25) is 4.68 Å².